The zero-order chi connectivity index (χ0) is 40.4. The van der Waals surface area contributed by atoms with E-state index in [-0.39, 0.29) is 30.1 Å². The molecule has 3 amide bonds. The van der Waals surface area contributed by atoms with Crippen LogP contribution < -0.4 is 25.6 Å². The summed E-state index contributed by atoms with van der Waals surface area (Å²) in [6.45, 7) is 6.31. The highest BCUT2D eigenvalue weighted by atomic mass is 16.6. The highest BCUT2D eigenvalue weighted by Gasteiger charge is 2.30. The van der Waals surface area contributed by atoms with E-state index in [2.05, 4.69) is 46.5 Å². The molecule has 1 atom stereocenters. The van der Waals surface area contributed by atoms with Gasteiger partial charge in [-0.05, 0) is 98.5 Å². The van der Waals surface area contributed by atoms with Crippen LogP contribution >= 0.6 is 0 Å². The van der Waals surface area contributed by atoms with E-state index < -0.39 is 17.7 Å². The predicted molar refractivity (Wildman–Crippen MR) is 216 cm³/mol. The number of aromatic amines is 1. The Balaban J connectivity index is 1.15. The van der Waals surface area contributed by atoms with Gasteiger partial charge in [-0.1, -0.05) is 54.6 Å². The van der Waals surface area contributed by atoms with Crippen molar-refractivity contribution in [3.05, 3.63) is 96.2 Å². The number of alkyl carbamates (subject to hydrolysis) is 1. The second kappa shape index (κ2) is 18.5. The third-order valence-electron chi connectivity index (χ3n) is 9.60. The minimum Gasteiger partial charge on any atom is -0.472 e. The molecule has 1 fully saturated rings. The molecular weight excluding hydrogens is 725 g/mol. The van der Waals surface area contributed by atoms with Gasteiger partial charge in [-0.25, -0.2) is 9.78 Å². The molecule has 5 aromatic rings. The lowest BCUT2D eigenvalue weighted by Crippen LogP contribution is -2.48. The van der Waals surface area contributed by atoms with E-state index in [1.807, 2.05) is 94.4 Å². The van der Waals surface area contributed by atoms with Crippen molar-refractivity contribution >= 4 is 29.5 Å². The number of carbonyl (C=O) groups is 3. The Kier molecular flexibility index (Phi) is 13.1. The van der Waals surface area contributed by atoms with Crippen molar-refractivity contribution in [1.29, 1.82) is 0 Å². The number of nitrogens with zero attached hydrogens (tertiary/aromatic N) is 6. The van der Waals surface area contributed by atoms with Crippen LogP contribution in [-0.2, 0) is 27.4 Å². The van der Waals surface area contributed by atoms with E-state index in [0.29, 0.717) is 49.3 Å². The van der Waals surface area contributed by atoms with Crippen molar-refractivity contribution in [2.24, 2.45) is 11.8 Å². The van der Waals surface area contributed by atoms with Crippen molar-refractivity contribution < 1.29 is 23.9 Å². The van der Waals surface area contributed by atoms with Crippen LogP contribution in [0.15, 0.2) is 85.1 Å². The van der Waals surface area contributed by atoms with Gasteiger partial charge in [-0.3, -0.25) is 9.59 Å². The highest BCUT2D eigenvalue weighted by molar-refractivity contribution is 5.97. The summed E-state index contributed by atoms with van der Waals surface area (Å²) in [5, 5.41) is 22.9. The molecule has 0 aliphatic heterocycles. The standard InChI is InChI=1S/C42H50N10O5/c1-42(2,3)57-41(55)44-24-28-13-17-32(18-14-28)37(53)46-35(38(54)45-33-21-19-31(20-22-33)36-48-50-51-49-36)23-27-11-15-30(16-12-27)34-25-43-40(52(4)5)47-39(34)56-26-29-9-7-6-8-10-29/h6-12,15-16,19-22,25,28,32,35H,13-14,17-18,23-24,26H2,1-5H3,(H,44,55)(H,45,54)(H,46,53)(H,48,49,50,51). The van der Waals surface area contributed by atoms with Gasteiger partial charge in [-0.15, -0.1) is 10.2 Å². The molecule has 0 bridgehead atoms. The van der Waals surface area contributed by atoms with Crippen LogP contribution in [0.5, 0.6) is 5.88 Å². The van der Waals surface area contributed by atoms with Crippen molar-refractivity contribution in [3.8, 4) is 28.4 Å². The number of anilines is 2. The molecule has 2 heterocycles. The number of hydrogen-bond acceptors (Lipinski definition) is 11. The average molecular weight is 775 g/mol. The van der Waals surface area contributed by atoms with E-state index in [0.717, 1.165) is 40.7 Å². The second-order valence-corrected chi connectivity index (χ2v) is 15.4. The van der Waals surface area contributed by atoms with Crippen LogP contribution in [0, 0.1) is 11.8 Å². The van der Waals surface area contributed by atoms with Gasteiger partial charge in [0, 0.05) is 50.4 Å². The van der Waals surface area contributed by atoms with Gasteiger partial charge in [0.25, 0.3) is 0 Å². The first-order valence-electron chi connectivity index (χ1n) is 19.1. The molecule has 6 rings (SSSR count). The van der Waals surface area contributed by atoms with Crippen LogP contribution in [0.1, 0.15) is 57.6 Å². The van der Waals surface area contributed by atoms with Crippen LogP contribution in [0.2, 0.25) is 0 Å². The number of nitrogens with one attached hydrogen (secondary N) is 4. The van der Waals surface area contributed by atoms with E-state index in [1.54, 1.807) is 30.5 Å². The summed E-state index contributed by atoms with van der Waals surface area (Å²) < 4.78 is 11.6. The Morgan fingerprint density at radius 3 is 2.25 bits per heavy atom. The van der Waals surface area contributed by atoms with Crippen molar-refractivity contribution in [2.75, 3.05) is 30.9 Å². The predicted octanol–water partition coefficient (Wildman–Crippen LogP) is 5.97. The summed E-state index contributed by atoms with van der Waals surface area (Å²) in [5.41, 5.74) is 4.16. The van der Waals surface area contributed by atoms with Gasteiger partial charge in [-0.2, -0.15) is 10.2 Å². The molecule has 1 aliphatic carbocycles. The fourth-order valence-electron chi connectivity index (χ4n) is 6.55. The van der Waals surface area contributed by atoms with Gasteiger partial charge in [0.2, 0.25) is 29.5 Å². The summed E-state index contributed by atoms with van der Waals surface area (Å²) in [7, 11) is 3.75. The number of H-pyrrole nitrogens is 1. The smallest absolute Gasteiger partial charge is 0.407 e. The number of hydrogen-bond donors (Lipinski definition) is 4. The van der Waals surface area contributed by atoms with Crippen molar-refractivity contribution in [2.45, 2.75) is 71.1 Å². The van der Waals surface area contributed by atoms with Crippen LogP contribution in [0.3, 0.4) is 0 Å². The van der Waals surface area contributed by atoms with E-state index in [9.17, 15) is 14.4 Å². The van der Waals surface area contributed by atoms with E-state index >= 15 is 0 Å². The third kappa shape index (κ3) is 11.6. The van der Waals surface area contributed by atoms with Crippen molar-refractivity contribution in [3.63, 3.8) is 0 Å². The summed E-state index contributed by atoms with van der Waals surface area (Å²) in [4.78, 5) is 50.9. The maximum Gasteiger partial charge on any atom is 0.407 e. The van der Waals surface area contributed by atoms with Crippen molar-refractivity contribution in [1.82, 2.24) is 41.2 Å². The minimum atomic E-state index is -0.862. The van der Waals surface area contributed by atoms with Gasteiger partial charge >= 0.3 is 6.09 Å². The molecule has 0 saturated heterocycles. The van der Waals surface area contributed by atoms with E-state index in [4.69, 9.17) is 9.47 Å². The molecule has 15 nitrogen and oxygen atoms in total. The first-order valence-corrected chi connectivity index (χ1v) is 19.1. The normalized spacial score (nSPS) is 15.9. The zero-order valence-corrected chi connectivity index (χ0v) is 33.0. The fourth-order valence-corrected chi connectivity index (χ4v) is 6.55. The maximum atomic E-state index is 13.9. The first-order chi connectivity index (χ1) is 27.4. The van der Waals surface area contributed by atoms with Gasteiger partial charge in [0.15, 0.2) is 0 Å². The lowest BCUT2D eigenvalue weighted by Gasteiger charge is -2.29. The molecule has 4 N–H and O–H groups in total. The van der Waals surface area contributed by atoms with Crippen LogP contribution in [-0.4, -0.2) is 80.8 Å². The first kappa shape index (κ1) is 40.3. The molecule has 1 saturated carbocycles. The molecule has 15 heteroatoms. The summed E-state index contributed by atoms with van der Waals surface area (Å²) in [6.07, 6.45) is 4.40. The summed E-state index contributed by atoms with van der Waals surface area (Å²) >= 11 is 0. The van der Waals surface area contributed by atoms with Gasteiger partial charge in [0.05, 0.1) is 5.56 Å². The number of aromatic nitrogens is 6. The summed E-state index contributed by atoms with van der Waals surface area (Å²) in [6, 6.07) is 23.9. The molecular formula is C42H50N10O5. The largest absolute Gasteiger partial charge is 0.472 e. The Labute approximate surface area is 332 Å². The van der Waals surface area contributed by atoms with E-state index in [1.165, 1.54) is 0 Å². The Morgan fingerprint density at radius 1 is 0.895 bits per heavy atom. The monoisotopic (exact) mass is 774 g/mol. The fraction of sp³-hybridized carbons (Fsp3) is 0.381. The number of carbonyl (C=O) groups excluding carboxylic acids is 3. The zero-order valence-electron chi connectivity index (χ0n) is 33.0. The van der Waals surface area contributed by atoms with Gasteiger partial charge < -0.3 is 30.3 Å². The minimum absolute atomic E-state index is 0.170. The number of rotatable bonds is 14. The molecule has 298 valence electrons. The molecule has 1 aliphatic rings. The molecule has 0 radical (unpaired) electrons. The quantitative estimate of drug-likeness (QED) is 0.104. The molecule has 2 aromatic heterocycles. The Hall–Kier alpha value is -6.38. The van der Waals surface area contributed by atoms with Crippen LogP contribution in [0.4, 0.5) is 16.4 Å². The van der Waals surface area contributed by atoms with Crippen LogP contribution in [0.25, 0.3) is 22.5 Å². The van der Waals surface area contributed by atoms with Gasteiger partial charge in [0.1, 0.15) is 18.2 Å². The molecule has 57 heavy (non-hydrogen) atoms. The second-order valence-electron chi connectivity index (χ2n) is 15.4. The topological polar surface area (TPSA) is 189 Å². The maximum absolute atomic E-state index is 13.9. The number of tetrazole rings is 1. The molecule has 1 unspecified atom stereocenters. The number of benzene rings is 3. The summed E-state index contributed by atoms with van der Waals surface area (Å²) in [5.74, 6) is 0.883. The number of ether oxygens (including phenoxy) is 2. The molecule has 3 aromatic carbocycles. The lowest BCUT2D eigenvalue weighted by molar-refractivity contribution is -0.130. The molecule has 0 spiro atoms. The lowest BCUT2D eigenvalue weighted by atomic mass is 9.81. The highest BCUT2D eigenvalue weighted by Crippen LogP contribution is 2.31. The Bertz CT molecular complexity index is 2080. The average Bonchev–Trinajstić information content (AvgIpc) is 3.75. The third-order valence-corrected chi connectivity index (χ3v) is 9.60. The SMILES string of the molecule is CN(C)c1ncc(-c2ccc(CC(NC(=O)C3CCC(CNC(=O)OC(C)(C)C)CC3)C(=O)Nc3ccc(-c4nn[nH]n4)cc3)cc2)c(OCc2ccccc2)n1. The number of amides is 3. The Morgan fingerprint density at radius 2 is 1.60 bits per heavy atom.